The van der Waals surface area contributed by atoms with Gasteiger partial charge in [0.05, 0.1) is 5.39 Å². The van der Waals surface area contributed by atoms with E-state index >= 15 is 0 Å². The molecule has 2 amide bonds. The second-order valence-electron chi connectivity index (χ2n) is 8.70. The van der Waals surface area contributed by atoms with Crippen molar-refractivity contribution in [3.63, 3.8) is 0 Å². The molecule has 5 rings (SSSR count). The Labute approximate surface area is 195 Å². The molecule has 9 nitrogen and oxygen atoms in total. The van der Waals surface area contributed by atoms with Crippen LogP contribution in [0.15, 0.2) is 23.7 Å². The van der Waals surface area contributed by atoms with Crippen molar-refractivity contribution in [3.8, 4) is 0 Å². The third-order valence-corrected chi connectivity index (χ3v) is 8.23. The molecule has 170 valence electrons. The van der Waals surface area contributed by atoms with Crippen molar-refractivity contribution < 1.29 is 4.79 Å². The van der Waals surface area contributed by atoms with E-state index in [4.69, 9.17) is 0 Å². The third kappa shape index (κ3) is 4.15. The Morgan fingerprint density at radius 3 is 2.81 bits per heavy atom. The van der Waals surface area contributed by atoms with Crippen molar-refractivity contribution in [1.82, 2.24) is 29.2 Å². The number of aromatic nitrogens is 5. The maximum atomic E-state index is 12.4. The van der Waals surface area contributed by atoms with Crippen molar-refractivity contribution in [2.75, 3.05) is 23.0 Å². The van der Waals surface area contributed by atoms with Crippen LogP contribution in [0.2, 0.25) is 0 Å². The van der Waals surface area contributed by atoms with Crippen molar-refractivity contribution in [2.24, 2.45) is 18.9 Å². The zero-order valence-corrected chi connectivity index (χ0v) is 20.1. The van der Waals surface area contributed by atoms with Crippen molar-refractivity contribution in [1.29, 1.82) is 0 Å². The largest absolute Gasteiger partial charge is 0.356 e. The summed E-state index contributed by atoms with van der Waals surface area (Å²) >= 11 is 2.80. The highest BCUT2D eigenvalue weighted by Crippen LogP contribution is 2.46. The lowest BCUT2D eigenvalue weighted by atomic mass is 10.0. The fraction of sp³-hybridized carbons (Fsp3) is 0.571. The van der Waals surface area contributed by atoms with E-state index in [0.717, 1.165) is 53.4 Å². The molecule has 2 saturated carbocycles. The number of nitrogens with one attached hydrogen (secondary N) is 2. The minimum atomic E-state index is -0.180. The first-order chi connectivity index (χ1) is 15.5. The number of thioether (sulfide) groups is 1. The number of anilines is 2. The Hall–Kier alpha value is -2.40. The van der Waals surface area contributed by atoms with E-state index in [-0.39, 0.29) is 12.1 Å². The van der Waals surface area contributed by atoms with E-state index in [0.29, 0.717) is 23.0 Å². The average Bonchev–Trinajstić information content (AvgIpc) is 3.52. The lowest BCUT2D eigenvalue weighted by Crippen LogP contribution is -2.37. The highest BCUT2D eigenvalue weighted by Gasteiger charge is 2.43. The second-order valence-corrected chi connectivity index (χ2v) is 10.7. The molecule has 2 aliphatic rings. The lowest BCUT2D eigenvalue weighted by Gasteiger charge is -2.27. The summed E-state index contributed by atoms with van der Waals surface area (Å²) in [6.45, 7) is 2.06. The quantitative estimate of drug-likeness (QED) is 0.527. The molecule has 32 heavy (non-hydrogen) atoms. The number of amides is 2. The van der Waals surface area contributed by atoms with Gasteiger partial charge < -0.3 is 14.8 Å². The molecule has 2 fully saturated rings. The maximum Gasteiger partial charge on any atom is 0.321 e. The predicted octanol–water partition coefficient (Wildman–Crippen LogP) is 3.75. The topological polar surface area (TPSA) is 101 Å². The van der Waals surface area contributed by atoms with E-state index in [1.165, 1.54) is 11.5 Å². The Morgan fingerprint density at radius 1 is 1.28 bits per heavy atom. The number of hydrogen-bond acceptors (Lipinski definition) is 8. The molecule has 0 radical (unpaired) electrons. The van der Waals surface area contributed by atoms with E-state index in [1.54, 1.807) is 18.1 Å². The Bertz CT molecular complexity index is 1100. The van der Waals surface area contributed by atoms with Gasteiger partial charge in [0.25, 0.3) is 0 Å². The molecule has 3 aromatic rings. The van der Waals surface area contributed by atoms with Crippen LogP contribution in [0.4, 0.5) is 15.7 Å². The van der Waals surface area contributed by atoms with Crippen molar-refractivity contribution in [3.05, 3.63) is 18.6 Å². The first-order valence-electron chi connectivity index (χ1n) is 11.0. The van der Waals surface area contributed by atoms with E-state index in [9.17, 15) is 4.79 Å². The summed E-state index contributed by atoms with van der Waals surface area (Å²) < 4.78 is 6.28. The van der Waals surface area contributed by atoms with Gasteiger partial charge in [0.1, 0.15) is 17.8 Å². The van der Waals surface area contributed by atoms with E-state index in [2.05, 4.69) is 54.9 Å². The van der Waals surface area contributed by atoms with Gasteiger partial charge in [-0.25, -0.2) is 14.8 Å². The van der Waals surface area contributed by atoms with E-state index in [1.807, 2.05) is 17.8 Å². The number of hydrogen-bond donors (Lipinski definition) is 2. The van der Waals surface area contributed by atoms with Gasteiger partial charge >= 0.3 is 6.03 Å². The molecule has 3 heterocycles. The molecule has 11 heteroatoms. The van der Waals surface area contributed by atoms with Crippen LogP contribution in [0.1, 0.15) is 32.6 Å². The van der Waals surface area contributed by atoms with Crippen molar-refractivity contribution in [2.45, 2.75) is 49.8 Å². The molecule has 4 atom stereocenters. The number of rotatable bonds is 6. The molecule has 0 spiro atoms. The van der Waals surface area contributed by atoms with Crippen LogP contribution in [0, 0.1) is 11.8 Å². The number of urea groups is 1. The second kappa shape index (κ2) is 8.86. The summed E-state index contributed by atoms with van der Waals surface area (Å²) in [6.07, 6.45) is 8.01. The highest BCUT2D eigenvalue weighted by atomic mass is 32.2. The number of nitrogens with zero attached hydrogens (tertiary/aromatic N) is 6. The molecule has 2 N–H and O–H groups in total. The van der Waals surface area contributed by atoms with Gasteiger partial charge in [-0.1, -0.05) is 18.7 Å². The smallest absolute Gasteiger partial charge is 0.321 e. The first kappa shape index (κ1) is 21.4. The monoisotopic (exact) mass is 472 g/mol. The van der Waals surface area contributed by atoms with Crippen molar-refractivity contribution >= 4 is 51.3 Å². The minimum Gasteiger partial charge on any atom is -0.356 e. The van der Waals surface area contributed by atoms with Gasteiger partial charge in [0, 0.05) is 43.9 Å². The molecule has 0 aliphatic heterocycles. The first-order valence-corrected chi connectivity index (χ1v) is 12.8. The van der Waals surface area contributed by atoms with Crippen LogP contribution in [0.3, 0.4) is 0 Å². The van der Waals surface area contributed by atoms with E-state index < -0.39 is 0 Å². The van der Waals surface area contributed by atoms with Crippen LogP contribution in [0.5, 0.6) is 0 Å². The lowest BCUT2D eigenvalue weighted by molar-refractivity contribution is 0.248. The van der Waals surface area contributed by atoms with Gasteiger partial charge in [-0.15, -0.1) is 0 Å². The maximum absolute atomic E-state index is 12.4. The van der Waals surface area contributed by atoms with Gasteiger partial charge in [0.2, 0.25) is 10.3 Å². The number of fused-ring (bicyclic) bond motifs is 2. The van der Waals surface area contributed by atoms with Gasteiger partial charge in [-0.2, -0.15) is 9.36 Å². The molecule has 3 unspecified atom stereocenters. The number of aryl methyl sites for hydroxylation is 1. The number of carbonyl (C=O) groups is 1. The molecular weight excluding hydrogens is 444 g/mol. The third-order valence-electron chi connectivity index (χ3n) is 6.75. The Morgan fingerprint density at radius 2 is 2.06 bits per heavy atom. The Kier molecular flexibility index (Phi) is 5.93. The summed E-state index contributed by atoms with van der Waals surface area (Å²) in [5.74, 6) is 3.19. The van der Waals surface area contributed by atoms with Crippen LogP contribution < -0.4 is 15.5 Å². The fourth-order valence-electron chi connectivity index (χ4n) is 5.30. The summed E-state index contributed by atoms with van der Waals surface area (Å²) in [4.78, 5) is 28.1. The summed E-state index contributed by atoms with van der Waals surface area (Å²) in [7, 11) is 4.16. The van der Waals surface area contributed by atoms with Crippen LogP contribution >= 0.6 is 23.3 Å². The van der Waals surface area contributed by atoms with Gasteiger partial charge in [-0.05, 0) is 49.3 Å². The molecule has 0 saturated heterocycles. The molecular formula is C21H28N8OS2. The van der Waals surface area contributed by atoms with Crippen LogP contribution in [0.25, 0.3) is 11.0 Å². The number of carbonyl (C=O) groups excluding carboxylic acids is 1. The summed E-state index contributed by atoms with van der Waals surface area (Å²) in [5, 5.41) is 8.35. The highest BCUT2D eigenvalue weighted by molar-refractivity contribution is 7.99. The SMILES string of the molecule is CCSc1nsc(NC(=O)NC2CC3CC(N(C)c4ncnc5c4ccn5C)C[C@H]3C2)n1. The van der Waals surface area contributed by atoms with Crippen LogP contribution in [-0.2, 0) is 7.05 Å². The normalized spacial score (nSPS) is 24.6. The molecule has 3 aromatic heterocycles. The predicted molar refractivity (Wildman–Crippen MR) is 128 cm³/mol. The minimum absolute atomic E-state index is 0.180. The van der Waals surface area contributed by atoms with Gasteiger partial charge in [0.15, 0.2) is 0 Å². The molecule has 2 aliphatic carbocycles. The standard InChI is InChI=1S/C21H28N8OS2/c1-4-31-21-26-20(32-27-21)25-19(30)24-14-7-12-9-15(10-13(12)8-14)29(3)18-16-5-6-28(2)17(16)22-11-23-18/h5-6,11-15H,4,7-10H2,1-3H3,(H2,24,25,26,27,30)/t12-,13?,14?,15?/m1/s1. The van der Waals surface area contributed by atoms with Crippen LogP contribution in [-0.4, -0.2) is 54.8 Å². The zero-order valence-electron chi connectivity index (χ0n) is 18.5. The molecule has 0 aromatic carbocycles. The fourth-order valence-corrected chi connectivity index (χ4v) is 6.57. The Balaban J connectivity index is 1.15. The van der Waals surface area contributed by atoms with Gasteiger partial charge in [-0.3, -0.25) is 5.32 Å². The molecule has 0 bridgehead atoms. The zero-order chi connectivity index (χ0) is 22.2. The average molecular weight is 473 g/mol. The summed E-state index contributed by atoms with van der Waals surface area (Å²) in [6, 6.07) is 2.60. The summed E-state index contributed by atoms with van der Waals surface area (Å²) in [5.41, 5.74) is 0.964.